The third-order valence-corrected chi connectivity index (χ3v) is 20.7. The summed E-state index contributed by atoms with van der Waals surface area (Å²) in [6.45, 7) is 26.2. The SMILES string of the molecule is CC(=O)O.CC(C)(C#N)c1ccc(-n2c(=O)[nH]c3cnc4ccc(Br)cc4c32)cc1.CC(C)(C#N)c1ccc(N)cc1.CC(C)(C#N)c1ccc(Nc2c(N)cnc3ccc(Br)cc23)cc1.CC(C)(C#N)c1ccc(Nc2c([N+](=O)[O-])cnc3ccc(Br)cc23)cc1.CCN(CC)CC.COC(=O)Cl.O=[N+]([O-])c1cnc2ccc(Br)cc2c1Cl. The number of halogens is 6. The van der Waals surface area contributed by atoms with E-state index in [0.717, 1.165) is 97.1 Å². The summed E-state index contributed by atoms with van der Waals surface area (Å²) in [4.78, 5) is 74.2. The van der Waals surface area contributed by atoms with Crippen LogP contribution >= 0.6 is 86.9 Å². The lowest BCUT2D eigenvalue weighted by Gasteiger charge is -2.17. The van der Waals surface area contributed by atoms with Crippen molar-refractivity contribution in [1.29, 1.82) is 21.0 Å². The number of fused-ring (bicyclic) bond motifs is 6. The molecule has 0 bridgehead atoms. The van der Waals surface area contributed by atoms with Gasteiger partial charge in [0.05, 0.1) is 125 Å². The second kappa shape index (κ2) is 43.5. The molecule has 0 unspecified atom stereocenters. The van der Waals surface area contributed by atoms with Crippen molar-refractivity contribution in [2.75, 3.05) is 48.8 Å². The van der Waals surface area contributed by atoms with Gasteiger partial charge in [0.15, 0.2) is 0 Å². The van der Waals surface area contributed by atoms with Gasteiger partial charge in [0, 0.05) is 75.0 Å². The number of nitrogens with two attached hydrogens (primary N) is 2. The number of hydrogen-bond donors (Lipinski definition) is 6. The molecule has 0 fully saturated rings. The number of carbonyl (C=O) groups is 2. The monoisotopic (exact) mass is 1900 g/mol. The Hall–Kier alpha value is -12.0. The maximum Gasteiger partial charge on any atom is 0.403 e. The molecule has 0 aliphatic rings. The highest BCUT2D eigenvalue weighted by Gasteiger charge is 2.25. The third-order valence-electron chi connectivity index (χ3n) is 18.1. The van der Waals surface area contributed by atoms with Gasteiger partial charge in [0.25, 0.3) is 5.97 Å². The fourth-order valence-electron chi connectivity index (χ4n) is 11.1. The van der Waals surface area contributed by atoms with Crippen molar-refractivity contribution in [3.05, 3.63) is 271 Å². The van der Waals surface area contributed by atoms with Crippen LogP contribution in [-0.2, 0) is 31.2 Å². The summed E-state index contributed by atoms with van der Waals surface area (Å²) < 4.78 is 9.03. The van der Waals surface area contributed by atoms with Crippen molar-refractivity contribution >= 4 is 198 Å². The first-order valence-electron chi connectivity index (χ1n) is 36.3. The van der Waals surface area contributed by atoms with Crippen molar-refractivity contribution in [3.63, 3.8) is 0 Å². The van der Waals surface area contributed by atoms with E-state index in [-0.39, 0.29) is 22.1 Å². The first kappa shape index (κ1) is 95.9. The Labute approximate surface area is 731 Å². The average molecular weight is 1900 g/mol. The third kappa shape index (κ3) is 26.5. The minimum Gasteiger partial charge on any atom is -0.481 e. The molecule has 5 aromatic heterocycles. The van der Waals surface area contributed by atoms with Crippen LogP contribution in [0.25, 0.3) is 60.3 Å². The smallest absolute Gasteiger partial charge is 0.403 e. The number of methoxy groups -OCH3 is 1. The Morgan fingerprint density at radius 2 is 0.857 bits per heavy atom. The first-order chi connectivity index (χ1) is 56.1. The highest BCUT2D eigenvalue weighted by Crippen LogP contribution is 2.39. The molecule has 0 aliphatic heterocycles. The summed E-state index contributed by atoms with van der Waals surface area (Å²) in [7, 11) is 1.22. The number of aromatic amines is 1. The van der Waals surface area contributed by atoms with E-state index in [1.807, 2.05) is 195 Å². The largest absolute Gasteiger partial charge is 0.481 e. The van der Waals surface area contributed by atoms with Crippen molar-refractivity contribution in [2.24, 2.45) is 0 Å². The van der Waals surface area contributed by atoms with Crippen LogP contribution in [0.5, 0.6) is 0 Å². The number of pyridine rings is 4. The maximum atomic E-state index is 12.6. The number of carbonyl (C=O) groups excluding carboxylic acids is 1. The van der Waals surface area contributed by atoms with Gasteiger partial charge in [-0.25, -0.2) is 19.6 Å². The minimum atomic E-state index is -0.833. The van der Waals surface area contributed by atoms with Crippen molar-refractivity contribution in [1.82, 2.24) is 34.4 Å². The number of ether oxygens (including phenoxy) is 1. The molecular weight excluding hydrogens is 1820 g/mol. The first-order valence-corrected chi connectivity index (χ1v) is 40.2. The molecule has 26 nitrogen and oxygen atoms in total. The quantitative estimate of drug-likeness (QED) is 0.0255. The van der Waals surface area contributed by atoms with E-state index in [1.165, 1.54) is 39.1 Å². The number of rotatable bonds is 14. The van der Waals surface area contributed by atoms with E-state index < -0.39 is 42.9 Å². The number of carboxylic acid groups (broad SMARTS) is 1. The second-order valence-corrected chi connectivity index (χ2v) is 32.5. The fraction of sp³-hybridized carbons (Fsp3) is 0.230. The number of nitro groups is 2. The van der Waals surface area contributed by atoms with Crippen LogP contribution in [0.15, 0.2) is 217 Å². The number of nitriles is 4. The summed E-state index contributed by atoms with van der Waals surface area (Å²) in [5.41, 5.74) is 21.3. The topological polar surface area (TPSA) is 414 Å². The molecule has 8 aromatic carbocycles. The Morgan fingerprint density at radius 1 is 0.538 bits per heavy atom. The summed E-state index contributed by atoms with van der Waals surface area (Å²) >= 11 is 24.2. The second-order valence-electron chi connectivity index (χ2n) is 28.1. The van der Waals surface area contributed by atoms with E-state index in [0.29, 0.717) is 44.4 Å². The predicted molar refractivity (Wildman–Crippen MR) is 488 cm³/mol. The van der Waals surface area contributed by atoms with E-state index in [4.69, 9.17) is 38.2 Å². The normalized spacial score (nSPS) is 10.8. The number of aromatic nitrogens is 6. The van der Waals surface area contributed by atoms with Gasteiger partial charge in [-0.3, -0.25) is 39.6 Å². The lowest BCUT2D eigenvalue weighted by Crippen LogP contribution is -2.21. The lowest BCUT2D eigenvalue weighted by molar-refractivity contribution is -0.384. The summed E-state index contributed by atoms with van der Waals surface area (Å²) in [6, 6.07) is 61.5. The number of hydrogen-bond acceptors (Lipinski definition) is 21. The zero-order valence-electron chi connectivity index (χ0n) is 67.1. The molecule has 0 saturated heterocycles. The highest BCUT2D eigenvalue weighted by molar-refractivity contribution is 9.11. The zero-order valence-corrected chi connectivity index (χ0v) is 75.0. The zero-order chi connectivity index (χ0) is 88.4. The molecule has 0 saturated carbocycles. The molecule has 0 aliphatic carbocycles. The Morgan fingerprint density at radius 3 is 1.23 bits per heavy atom. The van der Waals surface area contributed by atoms with Gasteiger partial charge in [0.2, 0.25) is 0 Å². The van der Waals surface area contributed by atoms with E-state index in [1.54, 1.807) is 47.3 Å². The van der Waals surface area contributed by atoms with Gasteiger partial charge in [-0.05, 0) is 219 Å². The summed E-state index contributed by atoms with van der Waals surface area (Å²) in [5.74, 6) is -0.833. The molecule has 0 atom stereocenters. The molecular formula is C87H85Br4Cl2N17O9. The van der Waals surface area contributed by atoms with E-state index in [2.05, 4.69) is 166 Å². The van der Waals surface area contributed by atoms with Crippen LogP contribution in [0.1, 0.15) is 105 Å². The van der Waals surface area contributed by atoms with Crippen molar-refractivity contribution in [3.8, 4) is 30.0 Å². The lowest BCUT2D eigenvalue weighted by atomic mass is 9.86. The summed E-state index contributed by atoms with van der Waals surface area (Å²) in [5, 5.41) is 75.8. The van der Waals surface area contributed by atoms with Crippen molar-refractivity contribution < 1.29 is 29.3 Å². The number of nitrogen functional groups attached to an aromatic ring is 2. The number of nitrogens with zero attached hydrogens (tertiary/aromatic N) is 12. The molecule has 5 heterocycles. The molecule has 614 valence electrons. The molecule has 0 spiro atoms. The fourth-order valence-corrected chi connectivity index (χ4v) is 12.8. The number of nitrogens with one attached hydrogen (secondary N) is 3. The van der Waals surface area contributed by atoms with Crippen molar-refractivity contribution in [2.45, 2.75) is 105 Å². The standard InChI is InChI=1S/C20H15BrN4O.C19H15BrN4O2.C19H17BrN4.C10H12N2.C9H4BrClN2O2.C6H15N.C2H3ClO2.C2H4O2/c1-20(2,11-22)12-3-6-14(7-4-12)25-18-15-9-13(21)5-8-16(15)23-10-17(18)24-19(25)26;1-19(2,11-21)12-3-6-14(7-4-12)23-18-15-9-13(20)5-8-16(15)22-10-17(18)24(25)26;1-19(2,11-21)12-3-6-14(7-4-12)24-18-15-9-13(20)5-8-17(15)23-10-16(18)22;1-10(2,7-11)8-3-5-9(12)6-4-8;10-5-1-2-7-6(3-5)9(11)8(4-12-7)13(14)15;1-4-7(5-2)6-3;1-5-2(3)4;1-2(3)4/h3-10H,1-2H3,(H,24,26);3-10H,1-2H3,(H,22,23);3-10H,22H2,1-2H3,(H,23,24);3-6H,12H2,1-2H3;1-4H;4-6H2,1-3H3;1H3;1H3,(H,3,4). The van der Waals surface area contributed by atoms with E-state index in [9.17, 15) is 45.6 Å². The van der Waals surface area contributed by atoms with Crippen LogP contribution in [-0.4, -0.2) is 87.5 Å². The number of benzene rings is 8. The Bertz CT molecular complexity index is 6030. The number of anilines is 6. The Kier molecular flexibility index (Phi) is 35.0. The molecule has 13 aromatic rings. The number of H-pyrrole nitrogens is 1. The van der Waals surface area contributed by atoms with Gasteiger partial charge < -0.3 is 41.8 Å². The molecule has 32 heteroatoms. The van der Waals surface area contributed by atoms with Gasteiger partial charge in [-0.1, -0.05) is 145 Å². The molecule has 13 rings (SSSR count). The van der Waals surface area contributed by atoms with Crippen LogP contribution in [0.2, 0.25) is 5.02 Å². The minimum absolute atomic E-state index is 0.1000. The van der Waals surface area contributed by atoms with E-state index >= 15 is 0 Å². The summed E-state index contributed by atoms with van der Waals surface area (Å²) in [6.07, 6.45) is 5.76. The number of carboxylic acids is 1. The number of aliphatic carboxylic acids is 1. The molecule has 0 radical (unpaired) electrons. The molecule has 8 N–H and O–H groups in total. The average Bonchev–Trinajstić information content (AvgIpc) is 1.60. The van der Waals surface area contributed by atoms with Gasteiger partial charge >= 0.3 is 22.5 Å². The van der Waals surface area contributed by atoms with Crippen LogP contribution in [0, 0.1) is 65.6 Å². The predicted octanol–water partition coefficient (Wildman–Crippen LogP) is 23.1. The van der Waals surface area contributed by atoms with Gasteiger partial charge in [0.1, 0.15) is 23.1 Å². The molecule has 0 amide bonds. The van der Waals surface area contributed by atoms with Gasteiger partial charge in [-0.15, -0.1) is 0 Å². The number of imidazole rings is 1. The van der Waals surface area contributed by atoms with Gasteiger partial charge in [-0.2, -0.15) is 21.0 Å². The highest BCUT2D eigenvalue weighted by atomic mass is 79.9. The maximum absolute atomic E-state index is 12.6. The molecule has 119 heavy (non-hydrogen) atoms. The van der Waals surface area contributed by atoms with Crippen LogP contribution < -0.4 is 27.8 Å². The Balaban J connectivity index is 0.000000224. The van der Waals surface area contributed by atoms with Crippen LogP contribution in [0.4, 0.5) is 50.3 Å². The van der Waals surface area contributed by atoms with Crippen LogP contribution in [0.3, 0.4) is 0 Å².